The van der Waals surface area contributed by atoms with Crippen LogP contribution in [0.3, 0.4) is 0 Å². The molecular formula is C26H30N2O2. The minimum Gasteiger partial charge on any atom is -0.349 e. The van der Waals surface area contributed by atoms with E-state index in [9.17, 15) is 9.59 Å². The molecule has 0 aromatic heterocycles. The summed E-state index contributed by atoms with van der Waals surface area (Å²) in [5.41, 5.74) is 5.04. The molecule has 2 aromatic rings. The number of carbonyl (C=O) groups excluding carboxylic acids is 2. The number of hydrogen-bond donors (Lipinski definition) is 2. The number of amides is 2. The van der Waals surface area contributed by atoms with E-state index in [4.69, 9.17) is 0 Å². The Morgan fingerprint density at radius 1 is 0.800 bits per heavy atom. The van der Waals surface area contributed by atoms with Crippen molar-refractivity contribution < 1.29 is 9.59 Å². The van der Waals surface area contributed by atoms with Gasteiger partial charge in [0.15, 0.2) is 0 Å². The number of carbonyl (C=O) groups is 2. The van der Waals surface area contributed by atoms with E-state index in [1.807, 2.05) is 18.2 Å². The summed E-state index contributed by atoms with van der Waals surface area (Å²) >= 11 is 0. The van der Waals surface area contributed by atoms with Gasteiger partial charge in [-0.25, -0.2) is 0 Å². The Morgan fingerprint density at radius 3 is 1.90 bits per heavy atom. The molecular weight excluding hydrogens is 372 g/mol. The number of benzene rings is 2. The first kappa shape index (κ1) is 19.3. The van der Waals surface area contributed by atoms with E-state index in [2.05, 4.69) is 55.7 Å². The zero-order chi connectivity index (χ0) is 21.1. The highest BCUT2D eigenvalue weighted by molar-refractivity contribution is 5.95. The van der Waals surface area contributed by atoms with Crippen LogP contribution < -0.4 is 10.6 Å². The van der Waals surface area contributed by atoms with Crippen LogP contribution in [0.15, 0.2) is 42.5 Å². The fourth-order valence-corrected chi connectivity index (χ4v) is 4.88. The summed E-state index contributed by atoms with van der Waals surface area (Å²) in [5, 5.41) is 6.15. The van der Waals surface area contributed by atoms with Crippen LogP contribution in [0.2, 0.25) is 0 Å². The molecule has 4 heteroatoms. The Labute approximate surface area is 178 Å². The third-order valence-electron chi connectivity index (χ3n) is 7.44. The molecule has 0 unspecified atom stereocenters. The summed E-state index contributed by atoms with van der Waals surface area (Å²) in [7, 11) is 0. The number of nitrogens with one attached hydrogen (secondary N) is 2. The summed E-state index contributed by atoms with van der Waals surface area (Å²) < 4.78 is 0. The summed E-state index contributed by atoms with van der Waals surface area (Å²) in [5.74, 6) is 0.0596. The van der Waals surface area contributed by atoms with Crippen LogP contribution in [0.5, 0.6) is 0 Å². The Balaban J connectivity index is 1.45. The highest BCUT2D eigenvalue weighted by Gasteiger charge is 2.50. The van der Waals surface area contributed by atoms with E-state index in [0.717, 1.165) is 43.2 Å². The van der Waals surface area contributed by atoms with Crippen LogP contribution in [0.4, 0.5) is 0 Å². The second-order valence-electron chi connectivity index (χ2n) is 10.1. The maximum absolute atomic E-state index is 12.5. The van der Waals surface area contributed by atoms with E-state index in [1.165, 1.54) is 16.7 Å². The van der Waals surface area contributed by atoms with Gasteiger partial charge in [-0.15, -0.1) is 0 Å². The van der Waals surface area contributed by atoms with Gasteiger partial charge in [-0.05, 0) is 78.5 Å². The van der Waals surface area contributed by atoms with Gasteiger partial charge < -0.3 is 10.6 Å². The highest BCUT2D eigenvalue weighted by atomic mass is 16.2. The maximum Gasteiger partial charge on any atom is 0.251 e. The van der Waals surface area contributed by atoms with Crippen molar-refractivity contribution in [2.24, 2.45) is 5.41 Å². The molecule has 0 saturated heterocycles. The molecule has 3 aliphatic carbocycles. The normalized spacial score (nSPS) is 24.2. The predicted molar refractivity (Wildman–Crippen MR) is 118 cm³/mol. The molecule has 156 valence electrons. The first-order chi connectivity index (χ1) is 14.3. The molecule has 0 bridgehead atoms. The minimum atomic E-state index is -0.181. The molecule has 2 saturated carbocycles. The molecule has 0 aliphatic heterocycles. The zero-order valence-corrected chi connectivity index (χ0v) is 18.0. The van der Waals surface area contributed by atoms with Crippen LogP contribution in [0, 0.1) is 5.41 Å². The third-order valence-corrected chi connectivity index (χ3v) is 7.44. The van der Waals surface area contributed by atoms with Crippen molar-refractivity contribution in [3.8, 4) is 0 Å². The van der Waals surface area contributed by atoms with E-state index >= 15 is 0 Å². The molecule has 4 nitrogen and oxygen atoms in total. The van der Waals surface area contributed by atoms with Gasteiger partial charge in [0.05, 0.1) is 0 Å². The van der Waals surface area contributed by atoms with Gasteiger partial charge in [0.2, 0.25) is 0 Å². The summed E-state index contributed by atoms with van der Waals surface area (Å²) in [4.78, 5) is 24.9. The smallest absolute Gasteiger partial charge is 0.251 e. The molecule has 0 spiro atoms. The van der Waals surface area contributed by atoms with Crippen molar-refractivity contribution in [3.05, 3.63) is 70.3 Å². The SMILES string of the molecule is CC1(C)Cc2cc(C(=O)NC3CC3)ccc2[C@]1(C)c1ccc(C(=O)NC2CC2)cc1. The molecule has 0 heterocycles. The monoisotopic (exact) mass is 402 g/mol. The quantitative estimate of drug-likeness (QED) is 0.781. The molecule has 2 amide bonds. The first-order valence-corrected chi connectivity index (χ1v) is 11.1. The van der Waals surface area contributed by atoms with Gasteiger partial charge >= 0.3 is 0 Å². The number of rotatable bonds is 5. The van der Waals surface area contributed by atoms with Crippen LogP contribution in [0.25, 0.3) is 0 Å². The largest absolute Gasteiger partial charge is 0.349 e. The first-order valence-electron chi connectivity index (χ1n) is 11.1. The standard InChI is InChI=1S/C26H30N2O2/c1-25(2)15-18-14-17(24(30)28-21-11-12-21)6-13-22(18)26(25,3)19-7-4-16(5-8-19)23(29)27-20-9-10-20/h4-8,13-14,20-21H,9-12,15H2,1-3H3,(H,27,29)(H,28,30)/t26-/m0/s1. The summed E-state index contributed by atoms with van der Waals surface area (Å²) in [6, 6.07) is 15.0. The molecule has 2 fully saturated rings. The molecule has 1 atom stereocenters. The van der Waals surface area contributed by atoms with Gasteiger partial charge in [0.1, 0.15) is 0 Å². The summed E-state index contributed by atoms with van der Waals surface area (Å²) in [6.45, 7) is 6.89. The maximum atomic E-state index is 12.5. The Kier molecular flexibility index (Phi) is 4.32. The van der Waals surface area contributed by atoms with Crippen molar-refractivity contribution >= 4 is 11.8 Å². The van der Waals surface area contributed by atoms with Gasteiger partial charge in [0.25, 0.3) is 11.8 Å². The van der Waals surface area contributed by atoms with Crippen LogP contribution in [-0.4, -0.2) is 23.9 Å². The fraction of sp³-hybridized carbons (Fsp3) is 0.462. The topological polar surface area (TPSA) is 58.2 Å². The molecule has 3 aliphatic rings. The lowest BCUT2D eigenvalue weighted by molar-refractivity contribution is 0.0942. The average molecular weight is 403 g/mol. The minimum absolute atomic E-state index is 0.00128. The van der Waals surface area contributed by atoms with Gasteiger partial charge in [-0.3, -0.25) is 9.59 Å². The van der Waals surface area contributed by atoms with Crippen LogP contribution >= 0.6 is 0 Å². The van der Waals surface area contributed by atoms with E-state index in [0.29, 0.717) is 12.1 Å². The molecule has 0 radical (unpaired) electrons. The van der Waals surface area contributed by atoms with Gasteiger partial charge in [-0.2, -0.15) is 0 Å². The molecule has 5 rings (SSSR count). The van der Waals surface area contributed by atoms with Crippen molar-refractivity contribution in [3.63, 3.8) is 0 Å². The van der Waals surface area contributed by atoms with E-state index < -0.39 is 0 Å². The Morgan fingerprint density at radius 2 is 1.33 bits per heavy atom. The van der Waals surface area contributed by atoms with Crippen molar-refractivity contribution in [2.75, 3.05) is 0 Å². The van der Waals surface area contributed by atoms with E-state index in [-0.39, 0.29) is 22.6 Å². The van der Waals surface area contributed by atoms with Gasteiger partial charge in [-0.1, -0.05) is 39.0 Å². The number of hydrogen-bond acceptors (Lipinski definition) is 2. The lowest BCUT2D eigenvalue weighted by Gasteiger charge is -2.40. The van der Waals surface area contributed by atoms with Crippen molar-refractivity contribution in [1.29, 1.82) is 0 Å². The Hall–Kier alpha value is -2.62. The van der Waals surface area contributed by atoms with Crippen molar-refractivity contribution in [2.45, 2.75) is 70.4 Å². The average Bonchev–Trinajstić information content (AvgIpc) is 3.64. The fourth-order valence-electron chi connectivity index (χ4n) is 4.88. The lowest BCUT2D eigenvalue weighted by Crippen LogP contribution is -2.36. The van der Waals surface area contributed by atoms with Crippen LogP contribution in [0.1, 0.15) is 83.9 Å². The second-order valence-corrected chi connectivity index (χ2v) is 10.1. The summed E-state index contributed by atoms with van der Waals surface area (Å²) in [6.07, 6.45) is 5.29. The highest BCUT2D eigenvalue weighted by Crippen LogP contribution is 2.55. The third kappa shape index (κ3) is 3.23. The Bertz CT molecular complexity index is 1020. The van der Waals surface area contributed by atoms with Gasteiger partial charge in [0, 0.05) is 28.6 Å². The van der Waals surface area contributed by atoms with E-state index in [1.54, 1.807) is 0 Å². The predicted octanol–water partition coefficient (Wildman–Crippen LogP) is 4.36. The molecule has 30 heavy (non-hydrogen) atoms. The lowest BCUT2D eigenvalue weighted by atomic mass is 9.63. The number of fused-ring (bicyclic) bond motifs is 1. The molecule has 2 N–H and O–H groups in total. The second kappa shape index (κ2) is 6.69. The van der Waals surface area contributed by atoms with Crippen LogP contribution in [-0.2, 0) is 11.8 Å². The molecule has 2 aromatic carbocycles. The zero-order valence-electron chi connectivity index (χ0n) is 18.0. The van der Waals surface area contributed by atoms with Crippen molar-refractivity contribution in [1.82, 2.24) is 10.6 Å².